The van der Waals surface area contributed by atoms with E-state index in [0.717, 1.165) is 29.7 Å². The minimum atomic E-state index is -0.414. The summed E-state index contributed by atoms with van der Waals surface area (Å²) >= 11 is 0. The van der Waals surface area contributed by atoms with E-state index in [9.17, 15) is 9.90 Å². The van der Waals surface area contributed by atoms with Crippen LogP contribution < -0.4 is 10.9 Å². The van der Waals surface area contributed by atoms with Crippen LogP contribution in [0.4, 0.5) is 5.82 Å². The lowest BCUT2D eigenvalue weighted by Crippen LogP contribution is -2.28. The van der Waals surface area contributed by atoms with E-state index in [0.29, 0.717) is 5.82 Å². The zero-order valence-corrected chi connectivity index (χ0v) is 13.9. The molecule has 0 atom stereocenters. The van der Waals surface area contributed by atoms with Crippen molar-refractivity contribution < 1.29 is 5.11 Å². The molecule has 0 aliphatic heterocycles. The number of anilines is 1. The fourth-order valence-corrected chi connectivity index (χ4v) is 3.21. The molecule has 0 unspecified atom stereocenters. The van der Waals surface area contributed by atoms with Crippen LogP contribution in [0.2, 0.25) is 0 Å². The maximum absolute atomic E-state index is 12.9. The molecule has 1 saturated carbocycles. The zero-order valence-electron chi connectivity index (χ0n) is 13.9. The van der Waals surface area contributed by atoms with Crippen LogP contribution in [-0.2, 0) is 5.54 Å². The predicted octanol–water partition coefficient (Wildman–Crippen LogP) is 3.35. The third kappa shape index (κ3) is 2.67. The highest BCUT2D eigenvalue weighted by Crippen LogP contribution is 2.50. The van der Waals surface area contributed by atoms with Gasteiger partial charge in [-0.05, 0) is 37.5 Å². The molecule has 5 nitrogen and oxygen atoms in total. The van der Waals surface area contributed by atoms with Gasteiger partial charge in [-0.25, -0.2) is 4.98 Å². The Kier molecular flexibility index (Phi) is 3.57. The summed E-state index contributed by atoms with van der Waals surface area (Å²) in [5.74, 6) is 0.536. The zero-order chi connectivity index (χ0) is 17.4. The molecule has 1 aliphatic rings. The van der Waals surface area contributed by atoms with Gasteiger partial charge < -0.3 is 10.4 Å². The summed E-state index contributed by atoms with van der Waals surface area (Å²) in [5, 5.41) is 13.4. The number of rotatable bonds is 4. The normalized spacial score (nSPS) is 14.9. The summed E-state index contributed by atoms with van der Waals surface area (Å²) in [6.07, 6.45) is 5.00. The fourth-order valence-electron chi connectivity index (χ4n) is 3.21. The number of nitrogens with one attached hydrogen (secondary N) is 1. The number of benzene rings is 2. The van der Waals surface area contributed by atoms with Gasteiger partial charge in [0, 0.05) is 18.0 Å². The van der Waals surface area contributed by atoms with Crippen molar-refractivity contribution in [1.82, 2.24) is 9.55 Å². The molecule has 1 aromatic heterocycles. The Bertz CT molecular complexity index is 990. The molecule has 126 valence electrons. The molecule has 0 bridgehead atoms. The standard InChI is InChI=1S/C20H19N3O2/c1-14-6-2-4-8-16(14)23-13-12-21-18(19(23)25)22-20(10-11-20)15-7-3-5-9-17(15)24/h2-9,12-13,24H,10-11H2,1H3,(H,21,22). The Morgan fingerprint density at radius 1 is 1.12 bits per heavy atom. The molecule has 5 heteroatoms. The summed E-state index contributed by atoms with van der Waals surface area (Å²) in [7, 11) is 0. The Hall–Kier alpha value is -3.08. The van der Waals surface area contributed by atoms with Gasteiger partial charge in [0.15, 0.2) is 5.82 Å². The molecule has 2 N–H and O–H groups in total. The van der Waals surface area contributed by atoms with Gasteiger partial charge in [-0.1, -0.05) is 36.4 Å². The van der Waals surface area contributed by atoms with E-state index in [1.54, 1.807) is 29.1 Å². The average Bonchev–Trinajstić information content (AvgIpc) is 3.39. The summed E-state index contributed by atoms with van der Waals surface area (Å²) in [5.41, 5.74) is 2.05. The average molecular weight is 333 g/mol. The topological polar surface area (TPSA) is 67.2 Å². The molecule has 3 aromatic rings. The molecule has 1 aliphatic carbocycles. The van der Waals surface area contributed by atoms with Crippen LogP contribution in [0, 0.1) is 6.92 Å². The fraction of sp³-hybridized carbons (Fsp3) is 0.200. The van der Waals surface area contributed by atoms with Gasteiger partial charge in [-0.15, -0.1) is 0 Å². The summed E-state index contributed by atoms with van der Waals surface area (Å²) in [4.78, 5) is 17.2. The lowest BCUT2D eigenvalue weighted by atomic mass is 10.0. The number of aromatic hydroxyl groups is 1. The summed E-state index contributed by atoms with van der Waals surface area (Å²) in [6, 6.07) is 15.0. The number of phenolic OH excluding ortho intramolecular Hbond substituents is 1. The van der Waals surface area contributed by atoms with E-state index >= 15 is 0 Å². The van der Waals surface area contributed by atoms with Crippen molar-refractivity contribution in [2.24, 2.45) is 0 Å². The number of aryl methyl sites for hydroxylation is 1. The minimum absolute atomic E-state index is 0.196. The van der Waals surface area contributed by atoms with Crippen LogP contribution in [0.1, 0.15) is 24.0 Å². The first kappa shape index (κ1) is 15.4. The Labute approximate surface area is 145 Å². The van der Waals surface area contributed by atoms with Crippen molar-refractivity contribution in [3.63, 3.8) is 0 Å². The number of nitrogens with zero attached hydrogens (tertiary/aromatic N) is 2. The molecule has 1 heterocycles. The Balaban J connectivity index is 1.74. The third-order valence-corrected chi connectivity index (χ3v) is 4.74. The van der Waals surface area contributed by atoms with E-state index in [4.69, 9.17) is 0 Å². The van der Waals surface area contributed by atoms with Crippen LogP contribution >= 0.6 is 0 Å². The van der Waals surface area contributed by atoms with Gasteiger partial charge >= 0.3 is 0 Å². The highest BCUT2D eigenvalue weighted by molar-refractivity contribution is 5.51. The summed E-state index contributed by atoms with van der Waals surface area (Å²) < 4.78 is 1.60. The Morgan fingerprint density at radius 3 is 2.56 bits per heavy atom. The van der Waals surface area contributed by atoms with Gasteiger partial charge in [0.2, 0.25) is 0 Å². The van der Waals surface area contributed by atoms with Crippen molar-refractivity contribution >= 4 is 5.82 Å². The monoisotopic (exact) mass is 333 g/mol. The van der Waals surface area contributed by atoms with E-state index in [-0.39, 0.29) is 11.3 Å². The second-order valence-corrected chi connectivity index (χ2v) is 6.46. The number of hydrogen-bond acceptors (Lipinski definition) is 4. The highest BCUT2D eigenvalue weighted by atomic mass is 16.3. The molecule has 0 amide bonds. The summed E-state index contributed by atoms with van der Waals surface area (Å²) in [6.45, 7) is 1.97. The number of aromatic nitrogens is 2. The second-order valence-electron chi connectivity index (χ2n) is 6.46. The van der Waals surface area contributed by atoms with Gasteiger partial charge in [-0.2, -0.15) is 0 Å². The quantitative estimate of drug-likeness (QED) is 0.768. The largest absolute Gasteiger partial charge is 0.508 e. The van der Waals surface area contributed by atoms with Crippen molar-refractivity contribution in [3.05, 3.63) is 82.4 Å². The SMILES string of the molecule is Cc1ccccc1-n1ccnc(NC2(c3ccccc3O)CC2)c1=O. The molecule has 4 rings (SSSR count). The smallest absolute Gasteiger partial charge is 0.297 e. The number of para-hydroxylation sites is 2. The molecule has 2 aromatic carbocycles. The first-order valence-electron chi connectivity index (χ1n) is 8.31. The predicted molar refractivity (Wildman–Crippen MR) is 97.2 cm³/mol. The minimum Gasteiger partial charge on any atom is -0.508 e. The van der Waals surface area contributed by atoms with E-state index in [1.807, 2.05) is 43.3 Å². The lowest BCUT2D eigenvalue weighted by molar-refractivity contribution is 0.462. The van der Waals surface area contributed by atoms with E-state index in [2.05, 4.69) is 10.3 Å². The van der Waals surface area contributed by atoms with Crippen LogP contribution in [0.3, 0.4) is 0 Å². The van der Waals surface area contributed by atoms with Gasteiger partial charge in [-0.3, -0.25) is 9.36 Å². The first-order valence-corrected chi connectivity index (χ1v) is 8.31. The number of hydrogen-bond donors (Lipinski definition) is 2. The van der Waals surface area contributed by atoms with Crippen molar-refractivity contribution in [1.29, 1.82) is 0 Å². The first-order chi connectivity index (χ1) is 12.1. The van der Waals surface area contributed by atoms with E-state index < -0.39 is 5.54 Å². The third-order valence-electron chi connectivity index (χ3n) is 4.74. The molecule has 0 saturated heterocycles. The van der Waals surface area contributed by atoms with Crippen LogP contribution in [0.15, 0.2) is 65.7 Å². The molecule has 25 heavy (non-hydrogen) atoms. The molecule has 0 spiro atoms. The highest BCUT2D eigenvalue weighted by Gasteiger charge is 2.46. The van der Waals surface area contributed by atoms with Gasteiger partial charge in [0.1, 0.15) is 5.75 Å². The van der Waals surface area contributed by atoms with Crippen LogP contribution in [0.25, 0.3) is 5.69 Å². The Morgan fingerprint density at radius 2 is 1.84 bits per heavy atom. The van der Waals surface area contributed by atoms with Gasteiger partial charge in [0.05, 0.1) is 11.2 Å². The van der Waals surface area contributed by atoms with Crippen molar-refractivity contribution in [2.75, 3.05) is 5.32 Å². The molecule has 0 radical (unpaired) electrons. The van der Waals surface area contributed by atoms with Crippen LogP contribution in [0.5, 0.6) is 5.75 Å². The molecular weight excluding hydrogens is 314 g/mol. The van der Waals surface area contributed by atoms with E-state index in [1.165, 1.54) is 0 Å². The second kappa shape index (κ2) is 5.77. The lowest BCUT2D eigenvalue weighted by Gasteiger charge is -2.20. The van der Waals surface area contributed by atoms with Crippen molar-refractivity contribution in [3.8, 4) is 11.4 Å². The molecular formula is C20H19N3O2. The van der Waals surface area contributed by atoms with Crippen LogP contribution in [-0.4, -0.2) is 14.7 Å². The van der Waals surface area contributed by atoms with Crippen molar-refractivity contribution in [2.45, 2.75) is 25.3 Å². The molecule has 1 fully saturated rings. The maximum Gasteiger partial charge on any atom is 0.297 e. The maximum atomic E-state index is 12.9. The van der Waals surface area contributed by atoms with Gasteiger partial charge in [0.25, 0.3) is 5.56 Å². The number of phenols is 1.